The van der Waals surface area contributed by atoms with Crippen LogP contribution >= 0.6 is 0 Å². The van der Waals surface area contributed by atoms with Crippen LogP contribution in [-0.4, -0.2) is 17.7 Å². The summed E-state index contributed by atoms with van der Waals surface area (Å²) in [7, 11) is 0. The lowest BCUT2D eigenvalue weighted by Crippen LogP contribution is -2.37. The maximum atomic E-state index is 11.4. The standard InChI is InChI=1S/C11H19NO2/c1-8-5-6-9(7-8)12-10(13)14-11(2,3)4/h5-6,8-9H,7H2,1-4H3,(H,12,13)/t8-,9?/m1/s1. The number of allylic oxidation sites excluding steroid dienone is 1. The molecule has 0 saturated carbocycles. The van der Waals surface area contributed by atoms with Gasteiger partial charge in [-0.1, -0.05) is 19.1 Å². The lowest BCUT2D eigenvalue weighted by atomic mass is 10.1. The summed E-state index contributed by atoms with van der Waals surface area (Å²) in [5.41, 5.74) is -0.419. The van der Waals surface area contributed by atoms with Crippen molar-refractivity contribution in [2.75, 3.05) is 0 Å². The molecule has 1 amide bonds. The SMILES string of the molecule is C[C@@H]1C=CC(NC(=O)OC(C)(C)C)C1. The maximum Gasteiger partial charge on any atom is 0.408 e. The van der Waals surface area contributed by atoms with Gasteiger partial charge in [0.15, 0.2) is 0 Å². The number of hydrogen-bond acceptors (Lipinski definition) is 2. The summed E-state index contributed by atoms with van der Waals surface area (Å²) in [4.78, 5) is 11.4. The number of alkyl carbamates (subject to hydrolysis) is 1. The fourth-order valence-electron chi connectivity index (χ4n) is 1.45. The number of ether oxygens (including phenoxy) is 1. The maximum absolute atomic E-state index is 11.4. The van der Waals surface area contributed by atoms with E-state index in [1.54, 1.807) is 0 Å². The molecule has 0 aromatic rings. The van der Waals surface area contributed by atoms with E-state index in [0.717, 1.165) is 6.42 Å². The van der Waals surface area contributed by atoms with Crippen molar-refractivity contribution in [1.29, 1.82) is 0 Å². The van der Waals surface area contributed by atoms with Crippen LogP contribution in [-0.2, 0) is 4.74 Å². The number of nitrogens with one attached hydrogen (secondary N) is 1. The number of rotatable bonds is 1. The molecule has 1 rings (SSSR count). The minimum absolute atomic E-state index is 0.139. The van der Waals surface area contributed by atoms with Gasteiger partial charge in [-0.25, -0.2) is 4.79 Å². The predicted molar refractivity (Wildman–Crippen MR) is 56.1 cm³/mol. The predicted octanol–water partition coefficient (Wildman–Crippen LogP) is 2.48. The molecule has 1 aliphatic rings. The summed E-state index contributed by atoms with van der Waals surface area (Å²) in [5.74, 6) is 0.551. The van der Waals surface area contributed by atoms with Crippen molar-refractivity contribution in [1.82, 2.24) is 5.32 Å². The minimum atomic E-state index is -0.419. The number of carbonyl (C=O) groups is 1. The molecule has 0 aromatic heterocycles. The van der Waals surface area contributed by atoms with Crippen molar-refractivity contribution in [3.05, 3.63) is 12.2 Å². The van der Waals surface area contributed by atoms with E-state index >= 15 is 0 Å². The van der Waals surface area contributed by atoms with Gasteiger partial charge in [0.05, 0.1) is 6.04 Å². The molecule has 0 radical (unpaired) electrons. The monoisotopic (exact) mass is 197 g/mol. The summed E-state index contributed by atoms with van der Waals surface area (Å²) < 4.78 is 5.15. The van der Waals surface area contributed by atoms with Crippen LogP contribution in [0.25, 0.3) is 0 Å². The van der Waals surface area contributed by atoms with Gasteiger partial charge < -0.3 is 10.1 Å². The summed E-state index contributed by atoms with van der Waals surface area (Å²) in [5, 5.41) is 2.82. The van der Waals surface area contributed by atoms with E-state index in [1.807, 2.05) is 26.8 Å². The summed E-state index contributed by atoms with van der Waals surface area (Å²) >= 11 is 0. The number of carbonyl (C=O) groups excluding carboxylic acids is 1. The fraction of sp³-hybridized carbons (Fsp3) is 0.727. The Morgan fingerprint density at radius 3 is 2.50 bits per heavy atom. The van der Waals surface area contributed by atoms with Crippen LogP contribution < -0.4 is 5.32 Å². The quantitative estimate of drug-likeness (QED) is 0.656. The van der Waals surface area contributed by atoms with Crippen molar-refractivity contribution in [2.45, 2.75) is 45.8 Å². The highest BCUT2D eigenvalue weighted by atomic mass is 16.6. The lowest BCUT2D eigenvalue weighted by molar-refractivity contribution is 0.0513. The molecule has 0 saturated heterocycles. The Balaban J connectivity index is 2.32. The first-order valence-electron chi connectivity index (χ1n) is 5.04. The topological polar surface area (TPSA) is 38.3 Å². The second-order valence-electron chi connectivity index (χ2n) is 4.85. The molecular weight excluding hydrogens is 178 g/mol. The van der Waals surface area contributed by atoms with Crippen molar-refractivity contribution < 1.29 is 9.53 Å². The van der Waals surface area contributed by atoms with E-state index in [4.69, 9.17) is 4.74 Å². The Kier molecular flexibility index (Phi) is 3.19. The Labute approximate surface area is 85.5 Å². The van der Waals surface area contributed by atoms with Crippen LogP contribution in [0.2, 0.25) is 0 Å². The van der Waals surface area contributed by atoms with Gasteiger partial charge in [0.1, 0.15) is 5.60 Å². The van der Waals surface area contributed by atoms with Crippen molar-refractivity contribution >= 4 is 6.09 Å². The first kappa shape index (κ1) is 11.1. The Morgan fingerprint density at radius 2 is 2.07 bits per heavy atom. The van der Waals surface area contributed by atoms with Crippen molar-refractivity contribution in [3.8, 4) is 0 Å². The molecule has 2 atom stereocenters. The Hall–Kier alpha value is -0.990. The zero-order chi connectivity index (χ0) is 10.8. The van der Waals surface area contributed by atoms with Crippen molar-refractivity contribution in [2.24, 2.45) is 5.92 Å². The van der Waals surface area contributed by atoms with Gasteiger partial charge in [-0.05, 0) is 33.1 Å². The van der Waals surface area contributed by atoms with Gasteiger partial charge in [0.2, 0.25) is 0 Å². The molecule has 3 nitrogen and oxygen atoms in total. The second-order valence-corrected chi connectivity index (χ2v) is 4.85. The number of hydrogen-bond donors (Lipinski definition) is 1. The van der Waals surface area contributed by atoms with E-state index in [0.29, 0.717) is 5.92 Å². The van der Waals surface area contributed by atoms with Gasteiger partial charge >= 0.3 is 6.09 Å². The smallest absolute Gasteiger partial charge is 0.408 e. The molecule has 0 aliphatic heterocycles. The minimum Gasteiger partial charge on any atom is -0.444 e. The van der Waals surface area contributed by atoms with Crippen LogP contribution in [0.5, 0.6) is 0 Å². The van der Waals surface area contributed by atoms with E-state index in [9.17, 15) is 4.79 Å². The molecule has 1 N–H and O–H groups in total. The van der Waals surface area contributed by atoms with Gasteiger partial charge in [0, 0.05) is 0 Å². The van der Waals surface area contributed by atoms with Gasteiger partial charge in [-0.3, -0.25) is 0 Å². The van der Waals surface area contributed by atoms with Crippen LogP contribution in [0.3, 0.4) is 0 Å². The Morgan fingerprint density at radius 1 is 1.43 bits per heavy atom. The van der Waals surface area contributed by atoms with Gasteiger partial charge in [0.25, 0.3) is 0 Å². The zero-order valence-electron chi connectivity index (χ0n) is 9.33. The average molecular weight is 197 g/mol. The fourth-order valence-corrected chi connectivity index (χ4v) is 1.45. The van der Waals surface area contributed by atoms with E-state index in [-0.39, 0.29) is 12.1 Å². The first-order valence-corrected chi connectivity index (χ1v) is 5.04. The van der Waals surface area contributed by atoms with Gasteiger partial charge in [-0.15, -0.1) is 0 Å². The van der Waals surface area contributed by atoms with E-state index in [2.05, 4.69) is 18.3 Å². The molecule has 0 fully saturated rings. The molecule has 0 bridgehead atoms. The molecule has 0 heterocycles. The first-order chi connectivity index (χ1) is 6.37. The molecule has 0 spiro atoms. The number of amides is 1. The van der Waals surface area contributed by atoms with Crippen LogP contribution in [0.1, 0.15) is 34.1 Å². The second kappa shape index (κ2) is 4.03. The molecule has 80 valence electrons. The lowest BCUT2D eigenvalue weighted by Gasteiger charge is -2.21. The average Bonchev–Trinajstić information content (AvgIpc) is 2.30. The van der Waals surface area contributed by atoms with E-state index in [1.165, 1.54) is 0 Å². The van der Waals surface area contributed by atoms with Gasteiger partial charge in [-0.2, -0.15) is 0 Å². The van der Waals surface area contributed by atoms with Crippen LogP contribution in [0.4, 0.5) is 4.79 Å². The summed E-state index contributed by atoms with van der Waals surface area (Å²) in [6.07, 6.45) is 4.77. The third kappa shape index (κ3) is 3.81. The highest BCUT2D eigenvalue weighted by Gasteiger charge is 2.21. The largest absolute Gasteiger partial charge is 0.444 e. The summed E-state index contributed by atoms with van der Waals surface area (Å²) in [6.45, 7) is 7.71. The molecule has 1 aliphatic carbocycles. The molecule has 1 unspecified atom stereocenters. The third-order valence-corrected chi connectivity index (χ3v) is 2.00. The molecule has 3 heteroatoms. The molecule has 0 aromatic carbocycles. The Bertz CT molecular complexity index is 240. The van der Waals surface area contributed by atoms with Crippen LogP contribution in [0, 0.1) is 5.92 Å². The van der Waals surface area contributed by atoms with E-state index < -0.39 is 5.60 Å². The summed E-state index contributed by atoms with van der Waals surface area (Å²) in [6, 6.07) is 0.139. The highest BCUT2D eigenvalue weighted by Crippen LogP contribution is 2.17. The van der Waals surface area contributed by atoms with Crippen molar-refractivity contribution in [3.63, 3.8) is 0 Å². The molecular formula is C11H19NO2. The third-order valence-electron chi connectivity index (χ3n) is 2.00. The highest BCUT2D eigenvalue weighted by molar-refractivity contribution is 5.68. The normalized spacial score (nSPS) is 26.3. The zero-order valence-corrected chi connectivity index (χ0v) is 9.33. The van der Waals surface area contributed by atoms with Crippen LogP contribution in [0.15, 0.2) is 12.2 Å². The molecule has 14 heavy (non-hydrogen) atoms.